The van der Waals surface area contributed by atoms with Gasteiger partial charge in [-0.15, -0.1) is 11.5 Å². The summed E-state index contributed by atoms with van der Waals surface area (Å²) in [5.74, 6) is 2.16. The molecule has 42 heavy (non-hydrogen) atoms. The van der Waals surface area contributed by atoms with Gasteiger partial charge in [-0.25, -0.2) is 14.5 Å². The Morgan fingerprint density at radius 1 is 1.10 bits per heavy atom. The molecular weight excluding hydrogens is 546 g/mol. The molecular formula is C33H25N5O3S. The van der Waals surface area contributed by atoms with E-state index in [0.29, 0.717) is 26.3 Å². The number of terminal acetylenes is 1. The van der Waals surface area contributed by atoms with Crippen LogP contribution in [0.25, 0.3) is 23.0 Å². The third kappa shape index (κ3) is 4.89. The zero-order valence-corrected chi connectivity index (χ0v) is 23.7. The highest BCUT2D eigenvalue weighted by atomic mass is 32.1. The second kappa shape index (κ2) is 11.3. The lowest BCUT2D eigenvalue weighted by molar-refractivity contribution is -0.139. The fraction of sp³-hybridized carbons (Fsp3) is 0.121. The van der Waals surface area contributed by atoms with Crippen molar-refractivity contribution >= 4 is 23.4 Å². The summed E-state index contributed by atoms with van der Waals surface area (Å²) in [6.45, 7) is 3.75. The van der Waals surface area contributed by atoms with Crippen molar-refractivity contribution in [3.63, 3.8) is 0 Å². The molecule has 1 aliphatic rings. The lowest BCUT2D eigenvalue weighted by Gasteiger charge is -2.24. The number of carbonyl (C=O) groups is 1. The van der Waals surface area contributed by atoms with E-state index in [4.69, 9.17) is 11.2 Å². The summed E-state index contributed by atoms with van der Waals surface area (Å²) < 4.78 is 9.10. The summed E-state index contributed by atoms with van der Waals surface area (Å²) in [4.78, 5) is 32.2. The molecule has 206 valence electrons. The van der Waals surface area contributed by atoms with Crippen molar-refractivity contribution in [1.29, 1.82) is 0 Å². The SMILES string of the molecule is C#Cc1cccc(-c2cn(-c3ccccc3/C=c3\sc4n(c3=O)C(c3ccccc3)C(C(=O)OCC)=C(C)N=4)nn2)c1. The van der Waals surface area contributed by atoms with Crippen molar-refractivity contribution in [2.24, 2.45) is 4.99 Å². The van der Waals surface area contributed by atoms with Gasteiger partial charge in [0, 0.05) is 16.7 Å². The maximum absolute atomic E-state index is 14.0. The Bertz CT molecular complexity index is 2080. The van der Waals surface area contributed by atoms with E-state index < -0.39 is 12.0 Å². The van der Waals surface area contributed by atoms with Gasteiger partial charge in [-0.2, -0.15) is 0 Å². The van der Waals surface area contributed by atoms with Crippen LogP contribution in [0, 0.1) is 12.3 Å². The molecule has 2 aromatic heterocycles. The standard InChI is InChI=1S/C33H25N5O3S/c1-4-22-12-11-16-24(18-22)26-20-37(36-35-26)27-17-10-9-15-25(27)19-28-31(39)38-30(23-13-7-6-8-14-23)29(32(40)41-5-2)21(3)34-33(38)42-28/h1,6-20,30H,5H2,2-3H3/b28-19-. The monoisotopic (exact) mass is 571 g/mol. The molecule has 0 aliphatic carbocycles. The number of para-hydroxylation sites is 1. The number of nitrogens with zero attached hydrogens (tertiary/aromatic N) is 5. The normalized spacial score (nSPS) is 14.7. The van der Waals surface area contributed by atoms with Crippen LogP contribution in [0.15, 0.2) is 106 Å². The van der Waals surface area contributed by atoms with Crippen molar-refractivity contribution < 1.29 is 9.53 Å². The lowest BCUT2D eigenvalue weighted by Crippen LogP contribution is -2.39. The Morgan fingerprint density at radius 2 is 1.88 bits per heavy atom. The van der Waals surface area contributed by atoms with E-state index in [1.807, 2.05) is 91.1 Å². The highest BCUT2D eigenvalue weighted by Crippen LogP contribution is 2.30. The Labute approximate surface area is 245 Å². The number of fused-ring (bicyclic) bond motifs is 1. The Balaban J connectivity index is 1.47. The number of esters is 1. The molecule has 1 unspecified atom stereocenters. The van der Waals surface area contributed by atoms with E-state index >= 15 is 0 Å². The number of ether oxygens (including phenoxy) is 1. The van der Waals surface area contributed by atoms with Crippen LogP contribution in [-0.2, 0) is 9.53 Å². The van der Waals surface area contributed by atoms with Crippen molar-refractivity contribution in [2.75, 3.05) is 6.61 Å². The molecule has 0 N–H and O–H groups in total. The lowest BCUT2D eigenvalue weighted by atomic mass is 9.96. The van der Waals surface area contributed by atoms with Gasteiger partial charge in [-0.05, 0) is 43.7 Å². The summed E-state index contributed by atoms with van der Waals surface area (Å²) in [5.41, 5.74) is 5.24. The molecule has 0 amide bonds. The Kier molecular flexibility index (Phi) is 7.21. The average Bonchev–Trinajstić information content (AvgIpc) is 3.62. The number of rotatable bonds is 6. The average molecular weight is 572 g/mol. The third-order valence-corrected chi connectivity index (χ3v) is 7.90. The topological polar surface area (TPSA) is 91.4 Å². The van der Waals surface area contributed by atoms with Crippen LogP contribution >= 0.6 is 11.3 Å². The van der Waals surface area contributed by atoms with Gasteiger partial charge in [0.1, 0.15) is 5.69 Å². The molecule has 5 aromatic rings. The molecule has 0 spiro atoms. The highest BCUT2D eigenvalue weighted by molar-refractivity contribution is 7.07. The van der Waals surface area contributed by atoms with E-state index in [1.54, 1.807) is 23.1 Å². The molecule has 0 saturated heterocycles. The van der Waals surface area contributed by atoms with Crippen molar-refractivity contribution in [3.8, 4) is 29.3 Å². The molecule has 1 aliphatic heterocycles. The van der Waals surface area contributed by atoms with Crippen LogP contribution in [0.4, 0.5) is 0 Å². The van der Waals surface area contributed by atoms with Crippen molar-refractivity contribution in [3.05, 3.63) is 133 Å². The van der Waals surface area contributed by atoms with Gasteiger partial charge < -0.3 is 4.74 Å². The smallest absolute Gasteiger partial charge is 0.338 e. The number of thiazole rings is 1. The fourth-order valence-electron chi connectivity index (χ4n) is 4.98. The van der Waals surface area contributed by atoms with Crippen molar-refractivity contribution in [2.45, 2.75) is 19.9 Å². The molecule has 0 bridgehead atoms. The molecule has 9 heteroatoms. The molecule has 3 aromatic carbocycles. The molecule has 8 nitrogen and oxygen atoms in total. The summed E-state index contributed by atoms with van der Waals surface area (Å²) in [7, 11) is 0. The fourth-order valence-corrected chi connectivity index (χ4v) is 6.02. The number of hydrogen-bond acceptors (Lipinski definition) is 7. The van der Waals surface area contributed by atoms with Gasteiger partial charge in [0.15, 0.2) is 4.80 Å². The molecule has 3 heterocycles. The van der Waals surface area contributed by atoms with Gasteiger partial charge >= 0.3 is 5.97 Å². The molecule has 1 atom stereocenters. The number of aromatic nitrogens is 4. The summed E-state index contributed by atoms with van der Waals surface area (Å²) in [6, 6.07) is 24.0. The number of carbonyl (C=O) groups excluding carboxylic acids is 1. The summed E-state index contributed by atoms with van der Waals surface area (Å²) in [6.07, 6.45) is 9.22. The molecule has 6 rings (SSSR count). The Hall–Kier alpha value is -5.33. The van der Waals surface area contributed by atoms with Gasteiger partial charge in [0.25, 0.3) is 5.56 Å². The van der Waals surface area contributed by atoms with Gasteiger partial charge in [0.2, 0.25) is 0 Å². The van der Waals surface area contributed by atoms with Crippen LogP contribution < -0.4 is 14.9 Å². The predicted octanol–water partition coefficient (Wildman–Crippen LogP) is 4.03. The van der Waals surface area contributed by atoms with Crippen LogP contribution in [0.1, 0.15) is 36.6 Å². The number of allylic oxidation sites excluding steroid dienone is 1. The van der Waals surface area contributed by atoms with Gasteiger partial charge in [0.05, 0.1) is 40.3 Å². The minimum Gasteiger partial charge on any atom is -0.463 e. The van der Waals surface area contributed by atoms with Gasteiger partial charge in [-0.3, -0.25) is 9.36 Å². The van der Waals surface area contributed by atoms with E-state index in [-0.39, 0.29) is 12.2 Å². The highest BCUT2D eigenvalue weighted by Gasteiger charge is 2.33. The molecule has 0 radical (unpaired) electrons. The van der Waals surface area contributed by atoms with Crippen LogP contribution in [0.2, 0.25) is 0 Å². The van der Waals surface area contributed by atoms with Crippen LogP contribution in [0.5, 0.6) is 0 Å². The van der Waals surface area contributed by atoms with E-state index in [0.717, 1.165) is 27.9 Å². The largest absolute Gasteiger partial charge is 0.463 e. The van der Waals surface area contributed by atoms with Crippen LogP contribution in [-0.4, -0.2) is 32.1 Å². The van der Waals surface area contributed by atoms with Crippen molar-refractivity contribution in [1.82, 2.24) is 19.6 Å². The second-order valence-electron chi connectivity index (χ2n) is 9.55. The first-order valence-electron chi connectivity index (χ1n) is 13.3. The quantitative estimate of drug-likeness (QED) is 0.227. The maximum Gasteiger partial charge on any atom is 0.338 e. The Morgan fingerprint density at radius 3 is 2.67 bits per heavy atom. The maximum atomic E-state index is 14.0. The third-order valence-electron chi connectivity index (χ3n) is 6.92. The van der Waals surface area contributed by atoms with Crippen LogP contribution in [0.3, 0.4) is 0 Å². The zero-order chi connectivity index (χ0) is 29.2. The van der Waals surface area contributed by atoms with E-state index in [1.165, 1.54) is 11.3 Å². The second-order valence-corrected chi connectivity index (χ2v) is 10.6. The first kappa shape index (κ1) is 26.9. The minimum absolute atomic E-state index is 0.220. The summed E-state index contributed by atoms with van der Waals surface area (Å²) >= 11 is 1.27. The van der Waals surface area contributed by atoms with E-state index in [9.17, 15) is 9.59 Å². The predicted molar refractivity (Wildman–Crippen MR) is 162 cm³/mol. The first-order valence-corrected chi connectivity index (χ1v) is 14.1. The zero-order valence-electron chi connectivity index (χ0n) is 22.9. The first-order chi connectivity index (χ1) is 20.5. The summed E-state index contributed by atoms with van der Waals surface area (Å²) in [5, 5.41) is 8.71. The number of benzene rings is 3. The number of hydrogen-bond donors (Lipinski definition) is 0. The molecule has 0 fully saturated rings. The minimum atomic E-state index is -0.657. The van der Waals surface area contributed by atoms with Gasteiger partial charge in [-0.1, -0.05) is 83.1 Å². The van der Waals surface area contributed by atoms with E-state index in [2.05, 4.69) is 21.2 Å². The molecule has 0 saturated carbocycles.